The molecule has 0 atom stereocenters. The van der Waals surface area contributed by atoms with E-state index in [4.69, 9.17) is 9.47 Å². The fourth-order valence-corrected chi connectivity index (χ4v) is 2.80. The molecule has 96 valence electrons. The Balaban J connectivity index is 3.08. The van der Waals surface area contributed by atoms with Crippen LogP contribution in [0.25, 0.3) is 0 Å². The first-order chi connectivity index (χ1) is 7.86. The molecule has 1 aromatic rings. The normalized spacial score (nSPS) is 11.6. The van der Waals surface area contributed by atoms with Crippen LogP contribution in [0.4, 0.5) is 0 Å². The van der Waals surface area contributed by atoms with Crippen LogP contribution in [0.2, 0.25) is 0 Å². The van der Waals surface area contributed by atoms with E-state index in [-0.39, 0.29) is 5.41 Å². The molecule has 1 rings (SSSR count). The summed E-state index contributed by atoms with van der Waals surface area (Å²) < 4.78 is 12.5. The molecule has 0 aliphatic rings. The van der Waals surface area contributed by atoms with Gasteiger partial charge in [-0.15, -0.1) is 0 Å². The van der Waals surface area contributed by atoms with Gasteiger partial charge in [0.1, 0.15) is 14.9 Å². The Hall–Kier alpha value is 0.120. The molecule has 0 aliphatic carbocycles. The van der Waals surface area contributed by atoms with Crippen molar-refractivity contribution >= 4 is 38.5 Å². The van der Waals surface area contributed by atoms with Gasteiger partial charge in [0.15, 0.2) is 5.75 Å². The molecular formula is C12H17BrINO2. The van der Waals surface area contributed by atoms with E-state index in [2.05, 4.69) is 70.3 Å². The Kier molecular flexibility index (Phi) is 5.66. The first-order valence-corrected chi connectivity index (χ1v) is 7.21. The Morgan fingerprint density at radius 3 is 2.53 bits per heavy atom. The second-order valence-electron chi connectivity index (χ2n) is 4.70. The zero-order valence-electron chi connectivity index (χ0n) is 10.5. The predicted molar refractivity (Wildman–Crippen MR) is 80.7 cm³/mol. The highest BCUT2D eigenvalue weighted by Crippen LogP contribution is 2.36. The molecular weight excluding hydrogens is 397 g/mol. The molecule has 0 bridgehead atoms. The number of halogens is 2. The summed E-state index contributed by atoms with van der Waals surface area (Å²) in [5, 5.41) is 0. The van der Waals surface area contributed by atoms with Crippen molar-refractivity contribution in [2.24, 2.45) is 0 Å². The second-order valence-corrected chi connectivity index (χ2v) is 6.56. The van der Waals surface area contributed by atoms with Gasteiger partial charge in [-0.1, -0.05) is 20.8 Å². The molecule has 0 saturated heterocycles. The van der Waals surface area contributed by atoms with Crippen molar-refractivity contribution in [1.82, 2.24) is 4.98 Å². The van der Waals surface area contributed by atoms with Crippen LogP contribution in [0.1, 0.15) is 26.3 Å². The van der Waals surface area contributed by atoms with Gasteiger partial charge in [0.25, 0.3) is 0 Å². The summed E-state index contributed by atoms with van der Waals surface area (Å²) in [6.07, 6.45) is 0. The molecule has 0 spiro atoms. The van der Waals surface area contributed by atoms with Crippen LogP contribution in [0.15, 0.2) is 10.7 Å². The molecule has 3 nitrogen and oxygen atoms in total. The lowest BCUT2D eigenvalue weighted by Crippen LogP contribution is -2.16. The van der Waals surface area contributed by atoms with Gasteiger partial charge in [-0.25, -0.2) is 4.98 Å². The zero-order valence-corrected chi connectivity index (χ0v) is 14.3. The minimum absolute atomic E-state index is 0.0216. The summed E-state index contributed by atoms with van der Waals surface area (Å²) in [7, 11) is 1.66. The molecule has 0 aromatic carbocycles. The maximum absolute atomic E-state index is 5.75. The minimum atomic E-state index is 0.0216. The van der Waals surface area contributed by atoms with E-state index in [9.17, 15) is 0 Å². The van der Waals surface area contributed by atoms with Gasteiger partial charge in [-0.05, 0) is 50.0 Å². The fourth-order valence-electron chi connectivity index (χ4n) is 1.39. The van der Waals surface area contributed by atoms with Gasteiger partial charge in [0, 0.05) is 12.7 Å². The number of nitrogens with zero attached hydrogens (tertiary/aromatic N) is 1. The summed E-state index contributed by atoms with van der Waals surface area (Å²) >= 11 is 5.67. The average molecular weight is 414 g/mol. The van der Waals surface area contributed by atoms with E-state index in [1.807, 2.05) is 0 Å². The van der Waals surface area contributed by atoms with Gasteiger partial charge in [-0.3, -0.25) is 0 Å². The lowest BCUT2D eigenvalue weighted by Gasteiger charge is -2.23. The van der Waals surface area contributed by atoms with Gasteiger partial charge in [-0.2, -0.15) is 0 Å². The summed E-state index contributed by atoms with van der Waals surface area (Å²) in [6.45, 7) is 7.58. The number of hydrogen-bond donors (Lipinski definition) is 0. The second kappa shape index (κ2) is 6.33. The van der Waals surface area contributed by atoms with Crippen molar-refractivity contribution in [2.75, 3.05) is 20.3 Å². The van der Waals surface area contributed by atoms with E-state index < -0.39 is 0 Å². The Bertz CT molecular complexity index is 391. The van der Waals surface area contributed by atoms with Crippen molar-refractivity contribution in [3.63, 3.8) is 0 Å². The topological polar surface area (TPSA) is 31.4 Å². The predicted octanol–water partition coefficient (Wildman–Crippen LogP) is 3.77. The lowest BCUT2D eigenvalue weighted by molar-refractivity contribution is 0.144. The number of pyridine rings is 1. The highest BCUT2D eigenvalue weighted by Gasteiger charge is 2.22. The van der Waals surface area contributed by atoms with Crippen molar-refractivity contribution in [3.8, 4) is 5.75 Å². The van der Waals surface area contributed by atoms with Crippen LogP contribution in [-0.2, 0) is 10.2 Å². The Morgan fingerprint density at radius 1 is 1.35 bits per heavy atom. The Morgan fingerprint density at radius 2 is 2.00 bits per heavy atom. The van der Waals surface area contributed by atoms with Gasteiger partial charge in [0.05, 0.1) is 6.61 Å². The van der Waals surface area contributed by atoms with Crippen molar-refractivity contribution in [1.29, 1.82) is 0 Å². The lowest BCUT2D eigenvalue weighted by atomic mass is 9.87. The minimum Gasteiger partial charge on any atom is -0.488 e. The summed E-state index contributed by atoms with van der Waals surface area (Å²) in [5.74, 6) is 0.815. The molecule has 0 amide bonds. The molecule has 1 aromatic heterocycles. The molecule has 0 N–H and O–H groups in total. The van der Waals surface area contributed by atoms with Crippen molar-refractivity contribution < 1.29 is 9.47 Å². The summed E-state index contributed by atoms with van der Waals surface area (Å²) in [6, 6.07) is 2.06. The quantitative estimate of drug-likeness (QED) is 0.427. The fraction of sp³-hybridized carbons (Fsp3) is 0.583. The molecule has 1 heterocycles. The molecule has 0 aliphatic heterocycles. The molecule has 0 radical (unpaired) electrons. The highest BCUT2D eigenvalue weighted by molar-refractivity contribution is 14.1. The SMILES string of the molecule is COCCOc1c(C(C)(C)C)cc(I)nc1Br. The van der Waals surface area contributed by atoms with Crippen LogP contribution in [0, 0.1) is 3.70 Å². The van der Waals surface area contributed by atoms with Crippen LogP contribution in [-0.4, -0.2) is 25.3 Å². The molecule has 0 fully saturated rings. The molecule has 0 saturated carbocycles. The number of hydrogen-bond acceptors (Lipinski definition) is 3. The third kappa shape index (κ3) is 4.37. The summed E-state index contributed by atoms with van der Waals surface area (Å²) in [4.78, 5) is 4.36. The van der Waals surface area contributed by atoms with E-state index >= 15 is 0 Å². The van der Waals surface area contributed by atoms with E-state index in [0.717, 1.165) is 19.6 Å². The molecule has 17 heavy (non-hydrogen) atoms. The number of rotatable bonds is 4. The maximum atomic E-state index is 5.75. The van der Waals surface area contributed by atoms with Gasteiger partial charge in [0.2, 0.25) is 0 Å². The van der Waals surface area contributed by atoms with Crippen LogP contribution in [0.3, 0.4) is 0 Å². The van der Waals surface area contributed by atoms with E-state index in [1.165, 1.54) is 0 Å². The third-order valence-electron chi connectivity index (χ3n) is 2.24. The smallest absolute Gasteiger partial charge is 0.155 e. The van der Waals surface area contributed by atoms with Gasteiger partial charge < -0.3 is 9.47 Å². The number of aromatic nitrogens is 1. The molecule has 5 heteroatoms. The zero-order chi connectivity index (χ0) is 13.1. The Labute approximate surface area is 125 Å². The van der Waals surface area contributed by atoms with Gasteiger partial charge >= 0.3 is 0 Å². The monoisotopic (exact) mass is 413 g/mol. The average Bonchev–Trinajstić information content (AvgIpc) is 2.19. The largest absolute Gasteiger partial charge is 0.488 e. The third-order valence-corrected chi connectivity index (χ3v) is 3.33. The van der Waals surface area contributed by atoms with Crippen molar-refractivity contribution in [3.05, 3.63) is 19.9 Å². The van der Waals surface area contributed by atoms with Crippen LogP contribution in [0.5, 0.6) is 5.75 Å². The number of ether oxygens (including phenoxy) is 2. The summed E-state index contributed by atoms with van der Waals surface area (Å²) in [5.41, 5.74) is 1.17. The first-order valence-electron chi connectivity index (χ1n) is 5.34. The maximum Gasteiger partial charge on any atom is 0.155 e. The standard InChI is InChI=1S/C12H17BrINO2/c1-12(2,3)8-7-9(14)15-11(13)10(8)17-6-5-16-4/h7H,5-6H2,1-4H3. The number of methoxy groups -OCH3 is 1. The van der Waals surface area contributed by atoms with E-state index in [0.29, 0.717) is 13.2 Å². The van der Waals surface area contributed by atoms with Crippen molar-refractivity contribution in [2.45, 2.75) is 26.2 Å². The highest BCUT2D eigenvalue weighted by atomic mass is 127. The van der Waals surface area contributed by atoms with Crippen LogP contribution < -0.4 is 4.74 Å². The van der Waals surface area contributed by atoms with E-state index in [1.54, 1.807) is 7.11 Å². The van der Waals surface area contributed by atoms with Crippen LogP contribution >= 0.6 is 38.5 Å². The first kappa shape index (κ1) is 15.2. The molecule has 0 unspecified atom stereocenters.